The first-order valence-electron chi connectivity index (χ1n) is 7.44. The molecule has 0 spiro atoms. The molecule has 1 aliphatic rings. The van der Waals surface area contributed by atoms with Gasteiger partial charge in [-0.1, -0.05) is 33.1 Å². The van der Waals surface area contributed by atoms with E-state index in [1.54, 1.807) is 17.0 Å². The van der Waals surface area contributed by atoms with Gasteiger partial charge in [-0.15, -0.1) is 0 Å². The Hall–Kier alpha value is -1.32. The molecule has 0 amide bonds. The van der Waals surface area contributed by atoms with Crippen LogP contribution in [0.3, 0.4) is 0 Å². The van der Waals surface area contributed by atoms with Gasteiger partial charge < -0.3 is 9.88 Å². The van der Waals surface area contributed by atoms with E-state index in [9.17, 15) is 4.79 Å². The van der Waals surface area contributed by atoms with E-state index in [0.717, 1.165) is 19.5 Å². The highest BCUT2D eigenvalue weighted by atomic mass is 16.1. The highest BCUT2D eigenvalue weighted by Gasteiger charge is 2.26. The molecule has 106 valence electrons. The monoisotopic (exact) mass is 263 g/mol. The van der Waals surface area contributed by atoms with E-state index >= 15 is 0 Å². The van der Waals surface area contributed by atoms with Crippen molar-refractivity contribution in [1.82, 2.24) is 9.55 Å². The van der Waals surface area contributed by atoms with E-state index in [1.165, 1.54) is 32.1 Å². The quantitative estimate of drug-likeness (QED) is 0.888. The van der Waals surface area contributed by atoms with Crippen molar-refractivity contribution in [2.45, 2.75) is 58.9 Å². The summed E-state index contributed by atoms with van der Waals surface area (Å²) in [6, 6.07) is 0. The Kier molecular flexibility index (Phi) is 4.61. The van der Waals surface area contributed by atoms with Gasteiger partial charge in [0.05, 0.1) is 0 Å². The number of hydrogen-bond acceptors (Lipinski definition) is 3. The number of aromatic nitrogens is 2. The minimum Gasteiger partial charge on any atom is -0.365 e. The average molecular weight is 263 g/mol. The average Bonchev–Trinajstić information content (AvgIpc) is 2.41. The molecule has 0 aliphatic heterocycles. The lowest BCUT2D eigenvalue weighted by atomic mass is 9.76. The largest absolute Gasteiger partial charge is 0.365 e. The fraction of sp³-hybridized carbons (Fsp3) is 0.733. The molecule has 0 bridgehead atoms. The van der Waals surface area contributed by atoms with Gasteiger partial charge in [0.25, 0.3) is 5.56 Å². The van der Waals surface area contributed by atoms with Crippen LogP contribution in [0.5, 0.6) is 0 Å². The lowest BCUT2D eigenvalue weighted by Gasteiger charge is -2.33. The van der Waals surface area contributed by atoms with Crippen LogP contribution < -0.4 is 10.9 Å². The van der Waals surface area contributed by atoms with Crippen molar-refractivity contribution in [2.75, 3.05) is 11.9 Å². The number of hydrogen-bond donors (Lipinski definition) is 1. The minimum atomic E-state index is 0.00348. The molecule has 2 rings (SSSR count). The molecule has 1 N–H and O–H groups in total. The zero-order valence-corrected chi connectivity index (χ0v) is 12.1. The predicted octanol–water partition coefficient (Wildman–Crippen LogP) is 3.04. The van der Waals surface area contributed by atoms with Crippen LogP contribution in [0.15, 0.2) is 17.2 Å². The molecule has 4 heteroatoms. The maximum absolute atomic E-state index is 12.2. The maximum Gasteiger partial charge on any atom is 0.293 e. The summed E-state index contributed by atoms with van der Waals surface area (Å²) < 4.78 is 1.73. The van der Waals surface area contributed by atoms with Crippen LogP contribution in [0.4, 0.5) is 5.82 Å². The van der Waals surface area contributed by atoms with Gasteiger partial charge in [0.2, 0.25) is 0 Å². The lowest BCUT2D eigenvalue weighted by Crippen LogP contribution is -2.32. The van der Waals surface area contributed by atoms with Crippen LogP contribution in [0.1, 0.15) is 52.4 Å². The summed E-state index contributed by atoms with van der Waals surface area (Å²) in [6.07, 6.45) is 10.9. The van der Waals surface area contributed by atoms with Crippen molar-refractivity contribution in [2.24, 2.45) is 5.41 Å². The van der Waals surface area contributed by atoms with Crippen molar-refractivity contribution in [3.63, 3.8) is 0 Å². The number of rotatable bonds is 5. The summed E-state index contributed by atoms with van der Waals surface area (Å²) in [5.41, 5.74) is 0.321. The Bertz CT molecular complexity index is 461. The molecule has 1 heterocycles. The van der Waals surface area contributed by atoms with Crippen LogP contribution in [-0.4, -0.2) is 16.1 Å². The first-order valence-corrected chi connectivity index (χ1v) is 7.44. The molecule has 1 aliphatic carbocycles. The van der Waals surface area contributed by atoms with Crippen LogP contribution in [0.25, 0.3) is 0 Å². The number of anilines is 1. The molecule has 0 saturated heterocycles. The molecular formula is C15H25N3O. The molecule has 1 fully saturated rings. The summed E-state index contributed by atoms with van der Waals surface area (Å²) in [5.74, 6) is 0.503. The van der Waals surface area contributed by atoms with Gasteiger partial charge in [0.15, 0.2) is 5.82 Å². The third-order valence-corrected chi connectivity index (χ3v) is 4.12. The molecule has 1 saturated carbocycles. The number of nitrogens with zero attached hydrogens (tertiary/aromatic N) is 2. The van der Waals surface area contributed by atoms with E-state index in [0.29, 0.717) is 11.2 Å². The van der Waals surface area contributed by atoms with Crippen LogP contribution in [0, 0.1) is 5.41 Å². The third-order valence-electron chi connectivity index (χ3n) is 4.12. The third kappa shape index (κ3) is 3.58. The first-order chi connectivity index (χ1) is 9.14. The maximum atomic E-state index is 12.2. The Labute approximate surface area is 115 Å². The molecule has 0 aromatic carbocycles. The Morgan fingerprint density at radius 1 is 1.37 bits per heavy atom. The highest BCUT2D eigenvalue weighted by Crippen LogP contribution is 2.35. The molecule has 0 radical (unpaired) electrons. The van der Waals surface area contributed by atoms with Gasteiger partial charge in [-0.2, -0.15) is 0 Å². The molecule has 0 atom stereocenters. The van der Waals surface area contributed by atoms with E-state index in [-0.39, 0.29) is 5.56 Å². The molecule has 19 heavy (non-hydrogen) atoms. The fourth-order valence-electron chi connectivity index (χ4n) is 2.86. The fourth-order valence-corrected chi connectivity index (χ4v) is 2.86. The highest BCUT2D eigenvalue weighted by molar-refractivity contribution is 5.31. The SMILES string of the molecule is CCCn1ccnc(NCC2(C)CCCCC2)c1=O. The smallest absolute Gasteiger partial charge is 0.293 e. The standard InChI is InChI=1S/C15H25N3O/c1-3-10-18-11-9-16-13(14(18)19)17-12-15(2)7-5-4-6-8-15/h9,11H,3-8,10,12H2,1-2H3,(H,16,17). The number of aryl methyl sites for hydroxylation is 1. The molecule has 4 nitrogen and oxygen atoms in total. The van der Waals surface area contributed by atoms with Crippen LogP contribution in [0.2, 0.25) is 0 Å². The number of nitrogens with one attached hydrogen (secondary N) is 1. The van der Waals surface area contributed by atoms with Crippen LogP contribution >= 0.6 is 0 Å². The van der Waals surface area contributed by atoms with Gasteiger partial charge in [0.1, 0.15) is 0 Å². The van der Waals surface area contributed by atoms with Crippen molar-refractivity contribution >= 4 is 5.82 Å². The van der Waals surface area contributed by atoms with Crippen molar-refractivity contribution in [1.29, 1.82) is 0 Å². The molecular weight excluding hydrogens is 238 g/mol. The second kappa shape index (κ2) is 6.22. The normalized spacial score (nSPS) is 18.2. The van der Waals surface area contributed by atoms with Crippen molar-refractivity contribution in [3.05, 3.63) is 22.7 Å². The van der Waals surface area contributed by atoms with Gasteiger partial charge in [0, 0.05) is 25.5 Å². The molecule has 1 aromatic rings. The van der Waals surface area contributed by atoms with Gasteiger partial charge >= 0.3 is 0 Å². The van der Waals surface area contributed by atoms with E-state index in [2.05, 4.69) is 24.1 Å². The van der Waals surface area contributed by atoms with Crippen molar-refractivity contribution < 1.29 is 0 Å². The first kappa shape index (κ1) is 14.1. The lowest BCUT2D eigenvalue weighted by molar-refractivity contribution is 0.233. The topological polar surface area (TPSA) is 46.9 Å². The Morgan fingerprint density at radius 2 is 2.11 bits per heavy atom. The van der Waals surface area contributed by atoms with Gasteiger partial charge in [-0.25, -0.2) is 4.98 Å². The van der Waals surface area contributed by atoms with Gasteiger partial charge in [-0.3, -0.25) is 4.79 Å². The Balaban J connectivity index is 2.03. The summed E-state index contributed by atoms with van der Waals surface area (Å²) >= 11 is 0. The summed E-state index contributed by atoms with van der Waals surface area (Å²) in [5, 5.41) is 3.28. The second-order valence-electron chi connectivity index (χ2n) is 6.00. The molecule has 1 aromatic heterocycles. The zero-order valence-electron chi connectivity index (χ0n) is 12.1. The van der Waals surface area contributed by atoms with E-state index in [4.69, 9.17) is 0 Å². The summed E-state index contributed by atoms with van der Waals surface area (Å²) in [6.45, 7) is 5.99. The Morgan fingerprint density at radius 3 is 2.79 bits per heavy atom. The predicted molar refractivity (Wildman–Crippen MR) is 78.5 cm³/mol. The summed E-state index contributed by atoms with van der Waals surface area (Å²) in [4.78, 5) is 16.4. The second-order valence-corrected chi connectivity index (χ2v) is 6.00. The zero-order chi connectivity index (χ0) is 13.7. The van der Waals surface area contributed by atoms with E-state index in [1.807, 2.05) is 0 Å². The minimum absolute atomic E-state index is 0.00348. The van der Waals surface area contributed by atoms with E-state index < -0.39 is 0 Å². The summed E-state index contributed by atoms with van der Waals surface area (Å²) in [7, 11) is 0. The van der Waals surface area contributed by atoms with Gasteiger partial charge in [-0.05, 0) is 24.7 Å². The molecule has 0 unspecified atom stereocenters. The van der Waals surface area contributed by atoms with Crippen LogP contribution in [-0.2, 0) is 6.54 Å². The van der Waals surface area contributed by atoms with Crippen molar-refractivity contribution in [3.8, 4) is 0 Å².